The largest absolute Gasteiger partial charge is 0.353 e. The van der Waals surface area contributed by atoms with Gasteiger partial charge in [-0.05, 0) is 12.1 Å². The summed E-state index contributed by atoms with van der Waals surface area (Å²) >= 11 is 0. The van der Waals surface area contributed by atoms with Gasteiger partial charge >= 0.3 is 0 Å². The van der Waals surface area contributed by atoms with Gasteiger partial charge in [0.05, 0.1) is 12.4 Å². The molecule has 3 aromatic rings. The van der Waals surface area contributed by atoms with Gasteiger partial charge in [0.25, 0.3) is 5.56 Å². The molecule has 4 heterocycles. The standard InChI is InChI=1S/C18H24N8O/c1-18(2,3)17-21-20-13-6-7-14(22-26(13)17)25-9-12(10-25)24(5)15-8-16(27)23(4)11-19-15/h6-8,11-12H,9-10H2,1-5H3. The first-order chi connectivity index (χ1) is 12.7. The van der Waals surface area contributed by atoms with Crippen LogP contribution in [0.15, 0.2) is 29.3 Å². The molecular weight excluding hydrogens is 344 g/mol. The Kier molecular flexibility index (Phi) is 3.90. The van der Waals surface area contributed by atoms with Crippen LogP contribution in [0.1, 0.15) is 26.6 Å². The van der Waals surface area contributed by atoms with E-state index in [1.54, 1.807) is 19.4 Å². The molecule has 1 aliphatic rings. The van der Waals surface area contributed by atoms with Gasteiger partial charge in [0, 0.05) is 38.7 Å². The third kappa shape index (κ3) is 3.02. The fourth-order valence-corrected chi connectivity index (χ4v) is 3.14. The number of likely N-dealkylation sites (N-methyl/N-ethyl adjacent to an activating group) is 1. The zero-order chi connectivity index (χ0) is 19.3. The van der Waals surface area contributed by atoms with Gasteiger partial charge in [0.2, 0.25) is 0 Å². The fourth-order valence-electron chi connectivity index (χ4n) is 3.14. The van der Waals surface area contributed by atoms with Crippen molar-refractivity contribution < 1.29 is 0 Å². The second kappa shape index (κ2) is 6.04. The number of rotatable bonds is 3. The summed E-state index contributed by atoms with van der Waals surface area (Å²) in [6, 6.07) is 5.78. The van der Waals surface area contributed by atoms with E-state index in [4.69, 9.17) is 5.10 Å². The van der Waals surface area contributed by atoms with Crippen molar-refractivity contribution in [3.05, 3.63) is 40.7 Å². The summed E-state index contributed by atoms with van der Waals surface area (Å²) in [6.45, 7) is 7.94. The van der Waals surface area contributed by atoms with Crippen LogP contribution in [0.4, 0.5) is 11.6 Å². The van der Waals surface area contributed by atoms with Crippen LogP contribution in [0.3, 0.4) is 0 Å². The fraction of sp³-hybridized carbons (Fsp3) is 0.500. The van der Waals surface area contributed by atoms with Crippen molar-refractivity contribution in [2.75, 3.05) is 29.9 Å². The van der Waals surface area contributed by atoms with Crippen LogP contribution >= 0.6 is 0 Å². The molecule has 1 saturated heterocycles. The van der Waals surface area contributed by atoms with Gasteiger partial charge in [0.1, 0.15) is 11.6 Å². The molecule has 0 spiro atoms. The molecule has 0 amide bonds. The smallest absolute Gasteiger partial charge is 0.255 e. The molecule has 0 atom stereocenters. The van der Waals surface area contributed by atoms with Gasteiger partial charge in [-0.1, -0.05) is 20.8 Å². The van der Waals surface area contributed by atoms with E-state index in [9.17, 15) is 4.79 Å². The van der Waals surface area contributed by atoms with Crippen molar-refractivity contribution in [1.82, 2.24) is 29.4 Å². The quantitative estimate of drug-likeness (QED) is 0.677. The lowest BCUT2D eigenvalue weighted by atomic mass is 9.96. The Labute approximate surface area is 157 Å². The van der Waals surface area contributed by atoms with Crippen molar-refractivity contribution in [1.29, 1.82) is 0 Å². The number of hydrogen-bond acceptors (Lipinski definition) is 7. The van der Waals surface area contributed by atoms with Crippen molar-refractivity contribution in [3.8, 4) is 0 Å². The third-order valence-corrected chi connectivity index (χ3v) is 4.98. The average Bonchev–Trinajstić information content (AvgIpc) is 2.99. The highest BCUT2D eigenvalue weighted by Gasteiger charge is 2.32. The summed E-state index contributed by atoms with van der Waals surface area (Å²) in [4.78, 5) is 20.4. The summed E-state index contributed by atoms with van der Waals surface area (Å²) in [5, 5.41) is 13.3. The predicted molar refractivity (Wildman–Crippen MR) is 103 cm³/mol. The van der Waals surface area contributed by atoms with Gasteiger partial charge in [-0.3, -0.25) is 4.79 Å². The first-order valence-corrected chi connectivity index (χ1v) is 8.97. The molecule has 0 aromatic carbocycles. The Morgan fingerprint density at radius 3 is 2.59 bits per heavy atom. The van der Waals surface area contributed by atoms with Crippen LogP contribution in [0, 0.1) is 0 Å². The topological polar surface area (TPSA) is 84.5 Å². The molecule has 0 unspecified atom stereocenters. The van der Waals surface area contributed by atoms with Crippen molar-refractivity contribution >= 4 is 17.3 Å². The van der Waals surface area contributed by atoms with E-state index in [-0.39, 0.29) is 17.0 Å². The molecule has 27 heavy (non-hydrogen) atoms. The molecule has 4 rings (SSSR count). The first kappa shape index (κ1) is 17.4. The summed E-state index contributed by atoms with van der Waals surface area (Å²) in [6.07, 6.45) is 1.56. The number of fused-ring (bicyclic) bond motifs is 1. The second-order valence-corrected chi connectivity index (χ2v) is 8.10. The van der Waals surface area contributed by atoms with Crippen molar-refractivity contribution in [3.63, 3.8) is 0 Å². The Morgan fingerprint density at radius 1 is 1.19 bits per heavy atom. The summed E-state index contributed by atoms with van der Waals surface area (Å²) in [7, 11) is 3.67. The number of aryl methyl sites for hydroxylation is 1. The third-order valence-electron chi connectivity index (χ3n) is 4.98. The summed E-state index contributed by atoms with van der Waals surface area (Å²) < 4.78 is 3.30. The zero-order valence-electron chi connectivity index (χ0n) is 16.3. The molecule has 0 aliphatic carbocycles. The lowest BCUT2D eigenvalue weighted by molar-refractivity contribution is 0.482. The normalized spacial score (nSPS) is 15.2. The molecule has 0 bridgehead atoms. The monoisotopic (exact) mass is 368 g/mol. The molecule has 9 nitrogen and oxygen atoms in total. The minimum atomic E-state index is -0.131. The molecule has 142 valence electrons. The van der Waals surface area contributed by atoms with Gasteiger partial charge in [-0.25, -0.2) is 4.98 Å². The van der Waals surface area contributed by atoms with E-state index in [1.807, 2.05) is 23.7 Å². The predicted octanol–water partition coefficient (Wildman–Crippen LogP) is 0.840. The molecule has 1 aliphatic heterocycles. The highest BCUT2D eigenvalue weighted by atomic mass is 16.1. The van der Waals surface area contributed by atoms with E-state index < -0.39 is 0 Å². The van der Waals surface area contributed by atoms with Crippen LogP contribution in [0.5, 0.6) is 0 Å². The SMILES string of the molecule is CN(c1cc(=O)n(C)cn1)C1CN(c2ccc3nnc(C(C)(C)C)n3n2)C1. The van der Waals surface area contributed by atoms with Gasteiger partial charge in [-0.15, -0.1) is 15.3 Å². The zero-order valence-corrected chi connectivity index (χ0v) is 16.3. The minimum absolute atomic E-state index is 0.0579. The van der Waals surface area contributed by atoms with E-state index in [0.717, 1.165) is 30.4 Å². The lowest BCUT2D eigenvalue weighted by Crippen LogP contribution is -2.59. The summed E-state index contributed by atoms with van der Waals surface area (Å²) in [5.41, 5.74) is 0.563. The molecule has 3 aromatic heterocycles. The molecule has 1 fully saturated rings. The number of hydrogen-bond donors (Lipinski definition) is 0. The number of nitrogens with zero attached hydrogens (tertiary/aromatic N) is 8. The Bertz CT molecular complexity index is 1040. The maximum Gasteiger partial charge on any atom is 0.255 e. The minimum Gasteiger partial charge on any atom is -0.353 e. The highest BCUT2D eigenvalue weighted by molar-refractivity contribution is 5.50. The van der Waals surface area contributed by atoms with Crippen LogP contribution in [0.25, 0.3) is 5.65 Å². The lowest BCUT2D eigenvalue weighted by Gasteiger charge is -2.44. The molecule has 0 N–H and O–H groups in total. The van der Waals surface area contributed by atoms with Crippen LogP contribution < -0.4 is 15.4 Å². The van der Waals surface area contributed by atoms with E-state index in [0.29, 0.717) is 5.82 Å². The average molecular weight is 368 g/mol. The maximum atomic E-state index is 11.8. The Balaban J connectivity index is 1.52. The van der Waals surface area contributed by atoms with Gasteiger partial charge in [0.15, 0.2) is 11.5 Å². The van der Waals surface area contributed by atoms with Crippen LogP contribution in [-0.4, -0.2) is 55.5 Å². The van der Waals surface area contributed by atoms with Crippen molar-refractivity contribution in [2.24, 2.45) is 7.05 Å². The van der Waals surface area contributed by atoms with E-state index in [2.05, 4.69) is 45.8 Å². The van der Waals surface area contributed by atoms with Crippen LogP contribution in [0.2, 0.25) is 0 Å². The molecule has 0 radical (unpaired) electrons. The Morgan fingerprint density at radius 2 is 1.93 bits per heavy atom. The summed E-state index contributed by atoms with van der Waals surface area (Å²) in [5.74, 6) is 2.44. The van der Waals surface area contributed by atoms with Crippen molar-refractivity contribution in [2.45, 2.75) is 32.2 Å². The number of anilines is 2. The second-order valence-electron chi connectivity index (χ2n) is 8.10. The van der Waals surface area contributed by atoms with Gasteiger partial charge < -0.3 is 14.4 Å². The Hall–Kier alpha value is -2.97. The van der Waals surface area contributed by atoms with E-state index in [1.165, 1.54) is 4.57 Å². The first-order valence-electron chi connectivity index (χ1n) is 8.97. The van der Waals surface area contributed by atoms with E-state index >= 15 is 0 Å². The molecule has 9 heteroatoms. The highest BCUT2D eigenvalue weighted by Crippen LogP contribution is 2.25. The molecule has 0 saturated carbocycles. The molecular formula is C18H24N8O. The van der Waals surface area contributed by atoms with Crippen LogP contribution in [-0.2, 0) is 12.5 Å². The van der Waals surface area contributed by atoms with Gasteiger partial charge in [-0.2, -0.15) is 4.52 Å². The maximum absolute atomic E-state index is 11.8. The number of aromatic nitrogens is 6.